The highest BCUT2D eigenvalue weighted by atomic mass is 16.1. The highest BCUT2D eigenvalue weighted by Gasteiger charge is 2.24. The van der Waals surface area contributed by atoms with Crippen LogP contribution in [-0.2, 0) is 11.2 Å². The van der Waals surface area contributed by atoms with Crippen molar-refractivity contribution in [2.24, 2.45) is 5.92 Å². The van der Waals surface area contributed by atoms with Gasteiger partial charge >= 0.3 is 0 Å². The molecule has 3 nitrogen and oxygen atoms in total. The van der Waals surface area contributed by atoms with Crippen LogP contribution >= 0.6 is 0 Å². The van der Waals surface area contributed by atoms with Crippen LogP contribution in [0.4, 0.5) is 5.69 Å². The molecule has 1 atom stereocenters. The van der Waals surface area contributed by atoms with Gasteiger partial charge in [0.05, 0.1) is 6.42 Å². The molecule has 0 spiro atoms. The first kappa shape index (κ1) is 13.6. The molecule has 3 heteroatoms. The fraction of sp³-hybridized carbons (Fsp3) is 0.588. The average molecular weight is 272 g/mol. The maximum Gasteiger partial charge on any atom is 0.228 e. The van der Waals surface area contributed by atoms with Crippen LogP contribution in [0.2, 0.25) is 0 Å². The molecule has 0 saturated heterocycles. The van der Waals surface area contributed by atoms with Crippen molar-refractivity contribution in [3.63, 3.8) is 0 Å². The summed E-state index contributed by atoms with van der Waals surface area (Å²) in [5.74, 6) is 1.01. The highest BCUT2D eigenvalue weighted by Crippen LogP contribution is 2.36. The van der Waals surface area contributed by atoms with E-state index in [1.807, 2.05) is 0 Å². The summed E-state index contributed by atoms with van der Waals surface area (Å²) in [5.41, 5.74) is 3.50. The van der Waals surface area contributed by atoms with E-state index in [2.05, 4.69) is 35.8 Å². The fourth-order valence-corrected chi connectivity index (χ4v) is 3.18. The number of benzene rings is 1. The Kier molecular flexibility index (Phi) is 4.06. The van der Waals surface area contributed by atoms with Crippen molar-refractivity contribution in [3.05, 3.63) is 29.3 Å². The number of amides is 1. The Bertz CT molecular complexity index is 494. The normalized spacial score (nSPS) is 19.4. The fourth-order valence-electron chi connectivity index (χ4n) is 3.18. The Morgan fingerprint density at radius 1 is 1.40 bits per heavy atom. The maximum absolute atomic E-state index is 11.5. The first-order valence-electron chi connectivity index (χ1n) is 7.92. The van der Waals surface area contributed by atoms with Crippen molar-refractivity contribution in [1.29, 1.82) is 0 Å². The minimum Gasteiger partial charge on any atom is -0.326 e. The molecule has 1 saturated carbocycles. The monoisotopic (exact) mass is 272 g/mol. The molecule has 3 rings (SSSR count). The van der Waals surface area contributed by atoms with Crippen LogP contribution < -0.4 is 10.6 Å². The lowest BCUT2D eigenvalue weighted by Gasteiger charge is -2.30. The van der Waals surface area contributed by atoms with Gasteiger partial charge in [-0.2, -0.15) is 0 Å². The Labute approximate surface area is 121 Å². The third kappa shape index (κ3) is 2.88. The molecule has 1 aliphatic carbocycles. The lowest BCUT2D eigenvalue weighted by atomic mass is 9.79. The van der Waals surface area contributed by atoms with Crippen LogP contribution in [0.1, 0.15) is 56.2 Å². The molecule has 1 aromatic rings. The number of nitrogens with one attached hydrogen (secondary N) is 2. The van der Waals surface area contributed by atoms with Gasteiger partial charge in [-0.3, -0.25) is 4.79 Å². The summed E-state index contributed by atoms with van der Waals surface area (Å²) >= 11 is 0. The van der Waals surface area contributed by atoms with E-state index < -0.39 is 0 Å². The maximum atomic E-state index is 11.5. The third-order valence-electron chi connectivity index (χ3n) is 4.59. The molecule has 1 aromatic carbocycles. The Hall–Kier alpha value is -1.35. The van der Waals surface area contributed by atoms with Gasteiger partial charge in [0.15, 0.2) is 0 Å². The molecular formula is C17H24N2O. The Morgan fingerprint density at radius 2 is 2.25 bits per heavy atom. The molecule has 0 bridgehead atoms. The van der Waals surface area contributed by atoms with Gasteiger partial charge in [0.1, 0.15) is 0 Å². The first-order valence-corrected chi connectivity index (χ1v) is 7.92. The standard InChI is InChI=1S/C17H24N2O/c1-2-8-18-16(9-12-4-3-5-12)13-6-7-15-14(10-13)11-17(20)19-15/h6-7,10,12,16,18H,2-5,8-9,11H2,1H3,(H,19,20). The first-order chi connectivity index (χ1) is 9.76. The van der Waals surface area contributed by atoms with E-state index in [9.17, 15) is 4.79 Å². The summed E-state index contributed by atoms with van der Waals surface area (Å²) < 4.78 is 0. The molecule has 2 aliphatic rings. The largest absolute Gasteiger partial charge is 0.326 e. The second-order valence-electron chi connectivity index (χ2n) is 6.18. The number of hydrogen-bond donors (Lipinski definition) is 2. The van der Waals surface area contributed by atoms with Crippen molar-refractivity contribution < 1.29 is 4.79 Å². The number of carbonyl (C=O) groups excluding carboxylic acids is 1. The van der Waals surface area contributed by atoms with Crippen LogP contribution in [0, 0.1) is 5.92 Å². The number of fused-ring (bicyclic) bond motifs is 1. The number of hydrogen-bond acceptors (Lipinski definition) is 2. The molecule has 1 amide bonds. The van der Waals surface area contributed by atoms with Gasteiger partial charge in [0, 0.05) is 11.7 Å². The van der Waals surface area contributed by atoms with Gasteiger partial charge in [-0.1, -0.05) is 38.3 Å². The van der Waals surface area contributed by atoms with Gasteiger partial charge in [0.2, 0.25) is 5.91 Å². The lowest BCUT2D eigenvalue weighted by Crippen LogP contribution is -2.26. The smallest absolute Gasteiger partial charge is 0.228 e. The van der Waals surface area contributed by atoms with Crippen LogP contribution in [-0.4, -0.2) is 12.5 Å². The SMILES string of the molecule is CCCNC(CC1CCC1)c1ccc2c(c1)CC(=O)N2. The zero-order valence-electron chi connectivity index (χ0n) is 12.2. The van der Waals surface area contributed by atoms with Crippen LogP contribution in [0.25, 0.3) is 0 Å². The predicted octanol–water partition coefficient (Wildman–Crippen LogP) is 3.41. The zero-order valence-corrected chi connectivity index (χ0v) is 12.2. The molecule has 20 heavy (non-hydrogen) atoms. The van der Waals surface area contributed by atoms with E-state index >= 15 is 0 Å². The summed E-state index contributed by atoms with van der Waals surface area (Å²) in [6, 6.07) is 6.91. The molecule has 0 radical (unpaired) electrons. The van der Waals surface area contributed by atoms with Crippen molar-refractivity contribution >= 4 is 11.6 Å². The van der Waals surface area contributed by atoms with Gasteiger partial charge in [0.25, 0.3) is 0 Å². The van der Waals surface area contributed by atoms with E-state index in [1.54, 1.807) is 0 Å². The van der Waals surface area contributed by atoms with E-state index in [1.165, 1.54) is 31.2 Å². The van der Waals surface area contributed by atoms with E-state index in [0.717, 1.165) is 30.1 Å². The summed E-state index contributed by atoms with van der Waals surface area (Å²) in [5, 5.41) is 6.59. The number of anilines is 1. The second-order valence-corrected chi connectivity index (χ2v) is 6.18. The van der Waals surface area contributed by atoms with Gasteiger partial charge in [-0.25, -0.2) is 0 Å². The Balaban J connectivity index is 1.75. The molecule has 1 unspecified atom stereocenters. The van der Waals surface area contributed by atoms with Crippen molar-refractivity contribution in [2.45, 2.75) is 51.5 Å². The van der Waals surface area contributed by atoms with Gasteiger partial charge < -0.3 is 10.6 Å². The minimum atomic E-state index is 0.120. The molecule has 1 fully saturated rings. The van der Waals surface area contributed by atoms with Crippen LogP contribution in [0.5, 0.6) is 0 Å². The molecule has 108 valence electrons. The van der Waals surface area contributed by atoms with Crippen molar-refractivity contribution in [1.82, 2.24) is 5.32 Å². The predicted molar refractivity (Wildman–Crippen MR) is 81.8 cm³/mol. The topological polar surface area (TPSA) is 41.1 Å². The second kappa shape index (κ2) is 5.96. The summed E-state index contributed by atoms with van der Waals surface area (Å²) in [4.78, 5) is 11.5. The molecule has 1 aliphatic heterocycles. The summed E-state index contributed by atoms with van der Waals surface area (Å²) in [7, 11) is 0. The van der Waals surface area contributed by atoms with Crippen LogP contribution in [0.3, 0.4) is 0 Å². The van der Waals surface area contributed by atoms with E-state index in [-0.39, 0.29) is 5.91 Å². The van der Waals surface area contributed by atoms with Crippen molar-refractivity contribution in [3.8, 4) is 0 Å². The molecular weight excluding hydrogens is 248 g/mol. The zero-order chi connectivity index (χ0) is 13.9. The summed E-state index contributed by atoms with van der Waals surface area (Å²) in [6.45, 7) is 3.27. The highest BCUT2D eigenvalue weighted by molar-refractivity contribution is 5.99. The summed E-state index contributed by atoms with van der Waals surface area (Å²) in [6.07, 6.45) is 7.09. The van der Waals surface area contributed by atoms with Gasteiger partial charge in [-0.15, -0.1) is 0 Å². The van der Waals surface area contributed by atoms with E-state index in [4.69, 9.17) is 0 Å². The Morgan fingerprint density at radius 3 is 2.95 bits per heavy atom. The minimum absolute atomic E-state index is 0.120. The van der Waals surface area contributed by atoms with Crippen LogP contribution in [0.15, 0.2) is 18.2 Å². The lowest BCUT2D eigenvalue weighted by molar-refractivity contribution is -0.115. The average Bonchev–Trinajstić information content (AvgIpc) is 2.76. The van der Waals surface area contributed by atoms with Crippen molar-refractivity contribution in [2.75, 3.05) is 11.9 Å². The molecule has 2 N–H and O–H groups in total. The molecule has 1 heterocycles. The van der Waals surface area contributed by atoms with E-state index in [0.29, 0.717) is 12.5 Å². The number of rotatable bonds is 6. The molecule has 0 aromatic heterocycles. The van der Waals surface area contributed by atoms with Gasteiger partial charge in [-0.05, 0) is 42.5 Å². The third-order valence-corrected chi connectivity index (χ3v) is 4.59. The quantitative estimate of drug-likeness (QED) is 0.833. The number of carbonyl (C=O) groups is 1.